The van der Waals surface area contributed by atoms with Gasteiger partial charge in [-0.25, -0.2) is 0 Å². The minimum absolute atomic E-state index is 0.0511. The van der Waals surface area contributed by atoms with E-state index in [1.165, 1.54) is 35.9 Å². The van der Waals surface area contributed by atoms with Crippen molar-refractivity contribution < 1.29 is 9.21 Å². The number of fused-ring (bicyclic) bond motifs is 1. The van der Waals surface area contributed by atoms with Gasteiger partial charge >= 0.3 is 0 Å². The van der Waals surface area contributed by atoms with Crippen molar-refractivity contribution in [1.29, 1.82) is 0 Å². The summed E-state index contributed by atoms with van der Waals surface area (Å²) in [5.74, 6) is 1.01. The third-order valence-electron chi connectivity index (χ3n) is 3.89. The summed E-state index contributed by atoms with van der Waals surface area (Å²) in [6, 6.07) is 10.2. The molecule has 0 aliphatic heterocycles. The Morgan fingerprint density at radius 2 is 2.24 bits per heavy atom. The predicted molar refractivity (Wildman–Crippen MR) is 100 cm³/mol. The number of rotatable bonds is 7. The van der Waals surface area contributed by atoms with E-state index in [0.717, 1.165) is 26.2 Å². The summed E-state index contributed by atoms with van der Waals surface area (Å²) in [6.45, 7) is 1.92. The molecule has 130 valence electrons. The second kappa shape index (κ2) is 7.05. The minimum atomic E-state index is -0.179. The molecule has 0 bridgehead atoms. The zero-order valence-electron chi connectivity index (χ0n) is 13.7. The Bertz CT molecular complexity index is 855. The minimum Gasteiger partial charge on any atom is -0.459 e. The smallest absolute Gasteiger partial charge is 0.231 e. The largest absolute Gasteiger partial charge is 0.459 e. The highest BCUT2D eigenvalue weighted by atomic mass is 32.2. The molecule has 0 spiro atoms. The molecule has 0 unspecified atom stereocenters. The number of anilines is 1. The molecule has 1 amide bonds. The van der Waals surface area contributed by atoms with Gasteiger partial charge in [-0.2, -0.15) is 0 Å². The van der Waals surface area contributed by atoms with Crippen LogP contribution in [0.4, 0.5) is 5.13 Å². The van der Waals surface area contributed by atoms with Crippen molar-refractivity contribution in [2.24, 2.45) is 0 Å². The second-order valence-corrected chi connectivity index (χ2v) is 8.26. The van der Waals surface area contributed by atoms with Gasteiger partial charge in [0.15, 0.2) is 4.34 Å². The van der Waals surface area contributed by atoms with E-state index < -0.39 is 0 Å². The van der Waals surface area contributed by atoms with Gasteiger partial charge in [0.1, 0.15) is 11.3 Å². The van der Waals surface area contributed by atoms with E-state index in [-0.39, 0.29) is 11.9 Å². The van der Waals surface area contributed by atoms with Crippen molar-refractivity contribution >= 4 is 45.1 Å². The van der Waals surface area contributed by atoms with Crippen molar-refractivity contribution in [3.05, 3.63) is 36.1 Å². The van der Waals surface area contributed by atoms with E-state index in [9.17, 15) is 4.79 Å². The van der Waals surface area contributed by atoms with E-state index >= 15 is 0 Å². The number of carbonyl (C=O) groups is 1. The molecule has 4 rings (SSSR count). The van der Waals surface area contributed by atoms with Gasteiger partial charge in [0.2, 0.25) is 11.0 Å². The lowest BCUT2D eigenvalue weighted by molar-refractivity contribution is -0.119. The second-order valence-electron chi connectivity index (χ2n) is 6.06. The monoisotopic (exact) mass is 374 g/mol. The number of benzene rings is 1. The lowest BCUT2D eigenvalue weighted by Crippen LogP contribution is -2.27. The number of aromatic nitrogens is 2. The normalized spacial score (nSPS) is 15.2. The highest BCUT2D eigenvalue weighted by molar-refractivity contribution is 8.01. The average Bonchev–Trinajstić information content (AvgIpc) is 3.13. The number of para-hydroxylation sites is 1. The van der Waals surface area contributed by atoms with Gasteiger partial charge in [-0.1, -0.05) is 41.3 Å². The van der Waals surface area contributed by atoms with Crippen molar-refractivity contribution in [3.8, 4) is 0 Å². The van der Waals surface area contributed by atoms with Crippen molar-refractivity contribution in [2.75, 3.05) is 11.1 Å². The maximum Gasteiger partial charge on any atom is 0.231 e. The number of amides is 1. The third-order valence-corrected chi connectivity index (χ3v) is 5.87. The van der Waals surface area contributed by atoms with E-state index in [0.29, 0.717) is 11.8 Å². The van der Waals surface area contributed by atoms with Gasteiger partial charge < -0.3 is 15.1 Å². The highest BCUT2D eigenvalue weighted by Gasteiger charge is 2.22. The molecule has 3 aromatic rings. The first-order chi connectivity index (χ1) is 12.2. The first-order valence-electron chi connectivity index (χ1n) is 8.18. The number of hydrogen-bond donors (Lipinski definition) is 2. The number of thioether (sulfide) groups is 1. The number of hydrogen-bond acceptors (Lipinski definition) is 7. The lowest BCUT2D eigenvalue weighted by atomic mass is 10.2. The maximum absolute atomic E-state index is 12.2. The fraction of sp³-hybridized carbons (Fsp3) is 0.353. The van der Waals surface area contributed by atoms with Crippen LogP contribution in [-0.4, -0.2) is 27.9 Å². The average molecular weight is 374 g/mol. The molecule has 1 saturated carbocycles. The fourth-order valence-corrected chi connectivity index (χ4v) is 4.07. The van der Waals surface area contributed by atoms with Crippen molar-refractivity contribution in [3.63, 3.8) is 0 Å². The molecular weight excluding hydrogens is 356 g/mol. The molecule has 0 saturated heterocycles. The predicted octanol–water partition coefficient (Wildman–Crippen LogP) is 3.83. The molecule has 1 fully saturated rings. The standard InChI is InChI=1S/C17H18N4O2S2/c1-10(14-8-11-4-2-3-5-13(11)23-14)18-15(22)9-24-17-21-20-16(25-17)19-12-6-7-12/h2-5,8,10,12H,6-7,9H2,1H3,(H,18,22)(H,19,20)/t10-/m0/s1. The van der Waals surface area contributed by atoms with Gasteiger partial charge in [-0.15, -0.1) is 10.2 Å². The molecule has 1 aliphatic carbocycles. The zero-order chi connectivity index (χ0) is 17.2. The number of carbonyl (C=O) groups excluding carboxylic acids is 1. The zero-order valence-corrected chi connectivity index (χ0v) is 15.3. The van der Waals surface area contributed by atoms with Gasteiger partial charge in [0, 0.05) is 11.4 Å². The van der Waals surface area contributed by atoms with Crippen LogP contribution in [0.15, 0.2) is 39.1 Å². The Hall–Kier alpha value is -2.06. The summed E-state index contributed by atoms with van der Waals surface area (Å²) in [5, 5.41) is 16.3. The Balaban J connectivity index is 1.29. The molecule has 2 N–H and O–H groups in total. The Morgan fingerprint density at radius 3 is 3.04 bits per heavy atom. The van der Waals surface area contributed by atoms with Gasteiger partial charge in [0.05, 0.1) is 11.8 Å². The van der Waals surface area contributed by atoms with E-state index in [2.05, 4.69) is 20.8 Å². The van der Waals surface area contributed by atoms with Gasteiger partial charge in [0.25, 0.3) is 0 Å². The molecule has 1 aromatic carbocycles. The summed E-state index contributed by atoms with van der Waals surface area (Å²) >= 11 is 2.89. The van der Waals surface area contributed by atoms with Gasteiger partial charge in [-0.05, 0) is 31.9 Å². The molecule has 2 aromatic heterocycles. The summed E-state index contributed by atoms with van der Waals surface area (Å²) in [6.07, 6.45) is 2.40. The van der Waals surface area contributed by atoms with Crippen LogP contribution in [0.25, 0.3) is 11.0 Å². The van der Waals surface area contributed by atoms with Crippen molar-refractivity contribution in [2.45, 2.75) is 36.2 Å². The number of nitrogens with one attached hydrogen (secondary N) is 2. The molecular formula is C17H18N4O2S2. The summed E-state index contributed by atoms with van der Waals surface area (Å²) in [5.41, 5.74) is 0.831. The molecule has 0 radical (unpaired) electrons. The molecule has 1 atom stereocenters. The SMILES string of the molecule is C[C@H](NC(=O)CSc1nnc(NC2CC2)s1)c1cc2ccccc2o1. The van der Waals surface area contributed by atoms with E-state index in [4.69, 9.17) is 4.42 Å². The number of nitrogens with zero attached hydrogens (tertiary/aromatic N) is 2. The molecule has 1 aliphatic rings. The van der Waals surface area contributed by atoms with Crippen LogP contribution >= 0.6 is 23.1 Å². The molecule has 8 heteroatoms. The Morgan fingerprint density at radius 1 is 1.40 bits per heavy atom. The quantitative estimate of drug-likeness (QED) is 0.612. The van der Waals surface area contributed by atoms with Crippen LogP contribution in [0.1, 0.15) is 31.6 Å². The molecule has 25 heavy (non-hydrogen) atoms. The van der Waals surface area contributed by atoms with Gasteiger partial charge in [-0.3, -0.25) is 4.79 Å². The fourth-order valence-electron chi connectivity index (χ4n) is 2.43. The summed E-state index contributed by atoms with van der Waals surface area (Å²) in [7, 11) is 0. The maximum atomic E-state index is 12.2. The highest BCUT2D eigenvalue weighted by Crippen LogP contribution is 2.30. The van der Waals surface area contributed by atoms with Crippen LogP contribution in [-0.2, 0) is 4.79 Å². The topological polar surface area (TPSA) is 80.0 Å². The van der Waals surface area contributed by atoms with Crippen LogP contribution in [0.5, 0.6) is 0 Å². The Kier molecular flexibility index (Phi) is 4.63. The molecule has 2 heterocycles. The van der Waals surface area contributed by atoms with Crippen LogP contribution in [0, 0.1) is 0 Å². The lowest BCUT2D eigenvalue weighted by Gasteiger charge is -2.10. The Labute approximate surface area is 153 Å². The summed E-state index contributed by atoms with van der Waals surface area (Å²) < 4.78 is 6.59. The van der Waals surface area contributed by atoms with Crippen LogP contribution < -0.4 is 10.6 Å². The molecule has 6 nitrogen and oxygen atoms in total. The van der Waals surface area contributed by atoms with E-state index in [1.807, 2.05) is 37.3 Å². The van der Waals surface area contributed by atoms with Crippen molar-refractivity contribution in [1.82, 2.24) is 15.5 Å². The third kappa shape index (κ3) is 4.13. The van der Waals surface area contributed by atoms with Crippen LogP contribution in [0.2, 0.25) is 0 Å². The summed E-state index contributed by atoms with van der Waals surface area (Å²) in [4.78, 5) is 12.2. The van der Waals surface area contributed by atoms with Crippen LogP contribution in [0.3, 0.4) is 0 Å². The van der Waals surface area contributed by atoms with E-state index in [1.54, 1.807) is 0 Å². The first-order valence-corrected chi connectivity index (χ1v) is 9.98. The number of furan rings is 1. The first kappa shape index (κ1) is 16.4.